The Morgan fingerprint density at radius 2 is 1.75 bits per heavy atom. The van der Waals surface area contributed by atoms with Crippen LogP contribution < -0.4 is 14.8 Å². The monoisotopic (exact) mass is 447 g/mol. The number of hydrogen-bond donors (Lipinski definition) is 1. The fourth-order valence-corrected chi connectivity index (χ4v) is 4.42. The number of aliphatic imine (C=N–C) groups is 1. The Kier molecular flexibility index (Phi) is 6.37. The van der Waals surface area contributed by atoms with Crippen molar-refractivity contribution in [1.82, 2.24) is 9.88 Å². The molecule has 0 saturated carbocycles. The number of rotatable bonds is 6. The molecule has 32 heavy (non-hydrogen) atoms. The van der Waals surface area contributed by atoms with E-state index in [9.17, 15) is 4.79 Å². The highest BCUT2D eigenvalue weighted by Crippen LogP contribution is 2.31. The summed E-state index contributed by atoms with van der Waals surface area (Å²) in [5.74, 6) is 1.47. The van der Waals surface area contributed by atoms with Crippen molar-refractivity contribution in [1.29, 1.82) is 0 Å². The average Bonchev–Trinajstić information content (AvgIpc) is 3.27. The minimum Gasteiger partial charge on any atom is -0.497 e. The van der Waals surface area contributed by atoms with Gasteiger partial charge in [-0.15, -0.1) is 0 Å². The first-order valence-corrected chi connectivity index (χ1v) is 11.2. The SMILES string of the molecule is CCOc1ccc(N=C2NC(=O)/C(=C\c3cc(C)n(-c4ccc(OC)cc4)c3C)S2)cc1. The summed E-state index contributed by atoms with van der Waals surface area (Å²) in [5.41, 5.74) is 4.96. The predicted octanol–water partition coefficient (Wildman–Crippen LogP) is 5.39. The van der Waals surface area contributed by atoms with Gasteiger partial charge in [0.05, 0.1) is 24.3 Å². The van der Waals surface area contributed by atoms with Crippen LogP contribution in [0.5, 0.6) is 11.5 Å². The zero-order chi connectivity index (χ0) is 22.7. The third-order valence-electron chi connectivity index (χ3n) is 5.12. The van der Waals surface area contributed by atoms with Crippen molar-refractivity contribution in [3.63, 3.8) is 0 Å². The molecule has 1 saturated heterocycles. The predicted molar refractivity (Wildman–Crippen MR) is 130 cm³/mol. The van der Waals surface area contributed by atoms with Crippen molar-refractivity contribution in [2.24, 2.45) is 4.99 Å². The Bertz CT molecular complexity index is 1190. The maximum Gasteiger partial charge on any atom is 0.264 e. The van der Waals surface area contributed by atoms with Gasteiger partial charge in [0.1, 0.15) is 11.5 Å². The first kappa shape index (κ1) is 21.8. The van der Waals surface area contributed by atoms with Crippen molar-refractivity contribution < 1.29 is 14.3 Å². The maximum atomic E-state index is 12.5. The molecule has 0 bridgehead atoms. The fourth-order valence-electron chi connectivity index (χ4n) is 3.58. The third kappa shape index (κ3) is 4.57. The van der Waals surface area contributed by atoms with Crippen LogP contribution in [-0.2, 0) is 4.79 Å². The van der Waals surface area contributed by atoms with E-state index in [1.54, 1.807) is 7.11 Å². The quantitative estimate of drug-likeness (QED) is 0.515. The van der Waals surface area contributed by atoms with Gasteiger partial charge in [-0.1, -0.05) is 0 Å². The number of methoxy groups -OCH3 is 1. The lowest BCUT2D eigenvalue weighted by atomic mass is 10.2. The van der Waals surface area contributed by atoms with Gasteiger partial charge in [0, 0.05) is 17.1 Å². The van der Waals surface area contributed by atoms with Gasteiger partial charge in [-0.3, -0.25) is 4.79 Å². The van der Waals surface area contributed by atoms with E-state index in [4.69, 9.17) is 9.47 Å². The highest BCUT2D eigenvalue weighted by Gasteiger charge is 2.24. The van der Waals surface area contributed by atoms with Crippen LogP contribution in [0, 0.1) is 13.8 Å². The Hall–Kier alpha value is -3.45. The van der Waals surface area contributed by atoms with Gasteiger partial charge < -0.3 is 19.4 Å². The molecular weight excluding hydrogens is 422 g/mol. The summed E-state index contributed by atoms with van der Waals surface area (Å²) in [4.78, 5) is 17.7. The number of nitrogens with one attached hydrogen (secondary N) is 1. The van der Waals surface area contributed by atoms with Gasteiger partial charge in [-0.05, 0) is 98.8 Å². The lowest BCUT2D eigenvalue weighted by Gasteiger charge is -2.10. The molecule has 0 atom stereocenters. The van der Waals surface area contributed by atoms with Gasteiger partial charge in [0.2, 0.25) is 0 Å². The second-order valence-corrected chi connectivity index (χ2v) is 8.30. The molecular formula is C25H25N3O3S. The summed E-state index contributed by atoms with van der Waals surface area (Å²) >= 11 is 1.34. The lowest BCUT2D eigenvalue weighted by molar-refractivity contribution is -0.115. The Balaban J connectivity index is 1.57. The second-order valence-electron chi connectivity index (χ2n) is 7.27. The molecule has 1 aliphatic heterocycles. The second kappa shape index (κ2) is 9.36. The number of benzene rings is 2. The minimum absolute atomic E-state index is 0.145. The number of amides is 1. The van der Waals surface area contributed by atoms with Gasteiger partial charge in [0.15, 0.2) is 5.17 Å². The summed E-state index contributed by atoms with van der Waals surface area (Å²) in [5, 5.41) is 3.42. The van der Waals surface area contributed by atoms with Crippen LogP contribution in [0.15, 0.2) is 64.5 Å². The molecule has 1 aliphatic rings. The fraction of sp³-hybridized carbons (Fsp3) is 0.200. The van der Waals surface area contributed by atoms with Crippen LogP contribution in [0.2, 0.25) is 0 Å². The summed E-state index contributed by atoms with van der Waals surface area (Å²) in [7, 11) is 1.66. The molecule has 0 radical (unpaired) electrons. The van der Waals surface area contributed by atoms with Crippen molar-refractivity contribution in [2.75, 3.05) is 13.7 Å². The molecule has 2 heterocycles. The van der Waals surface area contributed by atoms with Crippen molar-refractivity contribution in [3.8, 4) is 17.2 Å². The maximum absolute atomic E-state index is 12.5. The van der Waals surface area contributed by atoms with E-state index in [1.165, 1.54) is 11.8 Å². The summed E-state index contributed by atoms with van der Waals surface area (Å²) in [6.45, 7) is 6.67. The van der Waals surface area contributed by atoms with Crippen LogP contribution in [0.25, 0.3) is 11.8 Å². The van der Waals surface area contributed by atoms with Gasteiger partial charge in [0.25, 0.3) is 5.91 Å². The van der Waals surface area contributed by atoms with Gasteiger partial charge in [-0.2, -0.15) is 0 Å². The van der Waals surface area contributed by atoms with E-state index >= 15 is 0 Å². The minimum atomic E-state index is -0.145. The molecule has 7 heteroatoms. The molecule has 1 fully saturated rings. The number of hydrogen-bond acceptors (Lipinski definition) is 5. The largest absolute Gasteiger partial charge is 0.497 e. The number of carbonyl (C=O) groups excluding carboxylic acids is 1. The van der Waals surface area contributed by atoms with Crippen LogP contribution in [0.3, 0.4) is 0 Å². The Morgan fingerprint density at radius 3 is 2.41 bits per heavy atom. The smallest absolute Gasteiger partial charge is 0.264 e. The highest BCUT2D eigenvalue weighted by atomic mass is 32.2. The summed E-state index contributed by atoms with van der Waals surface area (Å²) in [6, 6.07) is 17.5. The van der Waals surface area contributed by atoms with Gasteiger partial charge >= 0.3 is 0 Å². The third-order valence-corrected chi connectivity index (χ3v) is 6.03. The van der Waals surface area contributed by atoms with E-state index < -0.39 is 0 Å². The van der Waals surface area contributed by atoms with Gasteiger partial charge in [-0.25, -0.2) is 4.99 Å². The number of aromatic nitrogens is 1. The highest BCUT2D eigenvalue weighted by molar-refractivity contribution is 8.18. The van der Waals surface area contributed by atoms with E-state index in [-0.39, 0.29) is 5.91 Å². The van der Waals surface area contributed by atoms with Crippen molar-refractivity contribution >= 4 is 34.6 Å². The molecule has 1 aromatic heterocycles. The summed E-state index contributed by atoms with van der Waals surface area (Å²) in [6.07, 6.45) is 1.92. The van der Waals surface area contributed by atoms with Crippen LogP contribution >= 0.6 is 11.8 Å². The molecule has 6 nitrogen and oxygen atoms in total. The topological polar surface area (TPSA) is 64.8 Å². The molecule has 1 N–H and O–H groups in total. The van der Waals surface area contributed by atoms with Crippen LogP contribution in [0.1, 0.15) is 23.9 Å². The first-order valence-electron chi connectivity index (χ1n) is 10.3. The number of ether oxygens (including phenoxy) is 2. The molecule has 0 unspecified atom stereocenters. The van der Waals surface area contributed by atoms with E-state index in [0.717, 1.165) is 39.8 Å². The number of carbonyl (C=O) groups is 1. The average molecular weight is 448 g/mol. The molecule has 0 spiro atoms. The zero-order valence-electron chi connectivity index (χ0n) is 18.5. The van der Waals surface area contributed by atoms with Crippen molar-refractivity contribution in [3.05, 3.63) is 76.5 Å². The molecule has 1 amide bonds. The number of aryl methyl sites for hydroxylation is 1. The molecule has 4 rings (SSSR count). The standard InChI is InChI=1S/C25H25N3O3S/c1-5-31-22-10-6-19(7-11-22)26-25-27-24(29)23(32-25)15-18-14-16(2)28(17(18)3)20-8-12-21(30-4)13-9-20/h6-15H,5H2,1-4H3,(H,26,27,29)/b23-15+. The molecule has 3 aromatic rings. The molecule has 2 aromatic carbocycles. The number of nitrogens with zero attached hydrogens (tertiary/aromatic N) is 2. The number of amidine groups is 1. The van der Waals surface area contributed by atoms with Crippen LogP contribution in [-0.4, -0.2) is 29.4 Å². The van der Waals surface area contributed by atoms with Crippen molar-refractivity contribution in [2.45, 2.75) is 20.8 Å². The summed E-state index contributed by atoms with van der Waals surface area (Å²) < 4.78 is 12.9. The lowest BCUT2D eigenvalue weighted by Crippen LogP contribution is -2.19. The first-order chi connectivity index (χ1) is 15.5. The molecule has 0 aliphatic carbocycles. The van der Waals surface area contributed by atoms with Crippen LogP contribution in [0.4, 0.5) is 5.69 Å². The van der Waals surface area contributed by atoms with E-state index in [2.05, 4.69) is 34.8 Å². The number of thioether (sulfide) groups is 1. The van der Waals surface area contributed by atoms with E-state index in [0.29, 0.717) is 16.7 Å². The molecule has 164 valence electrons. The van der Waals surface area contributed by atoms with E-state index in [1.807, 2.05) is 61.5 Å². The normalized spacial score (nSPS) is 15.9. The Morgan fingerprint density at radius 1 is 1.06 bits per heavy atom. The Labute approximate surface area is 192 Å². The zero-order valence-corrected chi connectivity index (χ0v) is 19.3.